The third kappa shape index (κ3) is 3.57. The van der Waals surface area contributed by atoms with Crippen LogP contribution in [0.15, 0.2) is 0 Å². The van der Waals surface area contributed by atoms with Crippen LogP contribution in [0.1, 0.15) is 84.0 Å². The molecule has 0 aromatic rings. The number of hydrogen-bond donors (Lipinski definition) is 1. The maximum atomic E-state index is 6.22. The summed E-state index contributed by atoms with van der Waals surface area (Å²) < 4.78 is 6.22. The fourth-order valence-corrected chi connectivity index (χ4v) is 4.86. The lowest BCUT2D eigenvalue weighted by Gasteiger charge is -2.45. The Balaban J connectivity index is 1.51. The van der Waals surface area contributed by atoms with E-state index in [1.165, 1.54) is 77.0 Å². The average Bonchev–Trinajstić information content (AvgIpc) is 2.49. The molecule has 116 valence electrons. The molecule has 1 aliphatic heterocycles. The van der Waals surface area contributed by atoms with Crippen molar-refractivity contribution in [2.75, 3.05) is 6.61 Å². The van der Waals surface area contributed by atoms with E-state index in [4.69, 9.17) is 4.74 Å². The van der Waals surface area contributed by atoms with Crippen molar-refractivity contribution in [2.45, 2.75) is 102 Å². The smallest absolute Gasteiger partial charge is 0.0697 e. The summed E-state index contributed by atoms with van der Waals surface area (Å²) in [6.07, 6.45) is 16.5. The third-order valence-electron chi connectivity index (χ3n) is 6.11. The molecule has 1 unspecified atom stereocenters. The molecule has 1 heterocycles. The molecule has 3 rings (SSSR count). The molecule has 2 heteroatoms. The van der Waals surface area contributed by atoms with Crippen molar-refractivity contribution in [1.82, 2.24) is 5.32 Å². The Morgan fingerprint density at radius 1 is 0.950 bits per heavy atom. The van der Waals surface area contributed by atoms with Gasteiger partial charge in [-0.15, -0.1) is 0 Å². The number of nitrogens with one attached hydrogen (secondary N) is 1. The molecule has 1 saturated heterocycles. The zero-order valence-corrected chi connectivity index (χ0v) is 13.3. The molecule has 3 aliphatic rings. The molecule has 0 amide bonds. The lowest BCUT2D eigenvalue weighted by molar-refractivity contribution is -0.110. The SMILES string of the molecule is C[C@@H](NC1CCOC2(CCCCC2)C1)C1CCCCC1. The number of ether oxygens (including phenoxy) is 1. The average molecular weight is 279 g/mol. The summed E-state index contributed by atoms with van der Waals surface area (Å²) in [5.41, 5.74) is 0.250. The molecule has 3 fully saturated rings. The van der Waals surface area contributed by atoms with Crippen molar-refractivity contribution in [3.8, 4) is 0 Å². The van der Waals surface area contributed by atoms with Crippen LogP contribution in [-0.4, -0.2) is 24.3 Å². The van der Waals surface area contributed by atoms with Crippen molar-refractivity contribution in [1.29, 1.82) is 0 Å². The zero-order valence-electron chi connectivity index (χ0n) is 13.3. The summed E-state index contributed by atoms with van der Waals surface area (Å²) in [4.78, 5) is 0. The van der Waals surface area contributed by atoms with Gasteiger partial charge in [-0.05, 0) is 51.4 Å². The zero-order chi connectivity index (χ0) is 13.8. The second kappa shape index (κ2) is 6.79. The van der Waals surface area contributed by atoms with Gasteiger partial charge in [0, 0.05) is 18.7 Å². The van der Waals surface area contributed by atoms with Gasteiger partial charge in [0.2, 0.25) is 0 Å². The molecule has 0 aromatic heterocycles. The van der Waals surface area contributed by atoms with Crippen molar-refractivity contribution in [2.24, 2.45) is 5.92 Å². The van der Waals surface area contributed by atoms with Gasteiger partial charge >= 0.3 is 0 Å². The van der Waals surface area contributed by atoms with Gasteiger partial charge in [-0.1, -0.05) is 38.5 Å². The molecule has 0 aromatic carbocycles. The van der Waals surface area contributed by atoms with Crippen LogP contribution in [0, 0.1) is 5.92 Å². The van der Waals surface area contributed by atoms with Gasteiger partial charge in [-0.2, -0.15) is 0 Å². The Kier molecular flexibility index (Phi) is 5.04. The number of rotatable bonds is 3. The minimum atomic E-state index is 0.250. The molecular formula is C18H33NO. The standard InChI is InChI=1S/C18H33NO/c1-15(16-8-4-2-5-9-16)19-17-10-13-20-18(14-17)11-6-3-7-12-18/h15-17,19H,2-14H2,1H3/t15-,17?/m1/s1. The Morgan fingerprint density at radius 2 is 1.65 bits per heavy atom. The summed E-state index contributed by atoms with van der Waals surface area (Å²) in [6.45, 7) is 3.41. The Hall–Kier alpha value is -0.0800. The van der Waals surface area contributed by atoms with E-state index < -0.39 is 0 Å². The summed E-state index contributed by atoms with van der Waals surface area (Å²) in [6, 6.07) is 1.41. The van der Waals surface area contributed by atoms with Crippen molar-refractivity contribution in [3.05, 3.63) is 0 Å². The van der Waals surface area contributed by atoms with Gasteiger partial charge in [-0.25, -0.2) is 0 Å². The van der Waals surface area contributed by atoms with Crippen LogP contribution in [-0.2, 0) is 4.74 Å². The lowest BCUT2D eigenvalue weighted by atomic mass is 9.77. The first-order chi connectivity index (χ1) is 9.77. The molecule has 2 atom stereocenters. The predicted molar refractivity (Wildman–Crippen MR) is 84.0 cm³/mol. The van der Waals surface area contributed by atoms with E-state index in [1.807, 2.05) is 0 Å². The van der Waals surface area contributed by atoms with Crippen LogP contribution >= 0.6 is 0 Å². The third-order valence-corrected chi connectivity index (χ3v) is 6.11. The Bertz CT molecular complexity index is 286. The highest BCUT2D eigenvalue weighted by Gasteiger charge is 2.39. The first kappa shape index (κ1) is 14.8. The van der Waals surface area contributed by atoms with Crippen LogP contribution in [0.2, 0.25) is 0 Å². The molecule has 0 bridgehead atoms. The van der Waals surface area contributed by atoms with Crippen LogP contribution in [0.4, 0.5) is 0 Å². The van der Waals surface area contributed by atoms with Crippen molar-refractivity contribution >= 4 is 0 Å². The fraction of sp³-hybridized carbons (Fsp3) is 1.00. The molecule has 1 N–H and O–H groups in total. The summed E-state index contributed by atoms with van der Waals surface area (Å²) >= 11 is 0. The maximum absolute atomic E-state index is 6.22. The predicted octanol–water partition coefficient (Wildman–Crippen LogP) is 4.43. The van der Waals surface area contributed by atoms with E-state index in [-0.39, 0.29) is 5.60 Å². The van der Waals surface area contributed by atoms with Gasteiger partial charge < -0.3 is 10.1 Å². The van der Waals surface area contributed by atoms with E-state index in [0.717, 1.165) is 12.5 Å². The fourth-order valence-electron chi connectivity index (χ4n) is 4.86. The molecular weight excluding hydrogens is 246 g/mol. The van der Waals surface area contributed by atoms with E-state index >= 15 is 0 Å². The topological polar surface area (TPSA) is 21.3 Å². The quantitative estimate of drug-likeness (QED) is 0.825. The minimum Gasteiger partial charge on any atom is -0.375 e. The second-order valence-corrected chi connectivity index (χ2v) is 7.64. The molecule has 0 radical (unpaired) electrons. The number of hydrogen-bond acceptors (Lipinski definition) is 2. The summed E-state index contributed by atoms with van der Waals surface area (Å²) in [5, 5.41) is 3.98. The minimum absolute atomic E-state index is 0.250. The highest BCUT2D eigenvalue weighted by atomic mass is 16.5. The Labute approximate surface area is 125 Å². The van der Waals surface area contributed by atoms with E-state index in [9.17, 15) is 0 Å². The van der Waals surface area contributed by atoms with E-state index in [1.54, 1.807) is 0 Å². The summed E-state index contributed by atoms with van der Waals surface area (Å²) in [7, 11) is 0. The monoisotopic (exact) mass is 279 g/mol. The highest BCUT2D eigenvalue weighted by Crippen LogP contribution is 2.39. The Morgan fingerprint density at radius 3 is 2.40 bits per heavy atom. The van der Waals surface area contributed by atoms with Crippen molar-refractivity contribution in [3.63, 3.8) is 0 Å². The van der Waals surface area contributed by atoms with Crippen LogP contribution < -0.4 is 5.32 Å². The molecule has 2 nitrogen and oxygen atoms in total. The molecule has 1 spiro atoms. The van der Waals surface area contributed by atoms with Crippen LogP contribution in [0.25, 0.3) is 0 Å². The summed E-state index contributed by atoms with van der Waals surface area (Å²) in [5.74, 6) is 0.925. The van der Waals surface area contributed by atoms with Crippen LogP contribution in [0.5, 0.6) is 0 Å². The van der Waals surface area contributed by atoms with Gasteiger partial charge in [0.05, 0.1) is 5.60 Å². The van der Waals surface area contributed by atoms with Crippen molar-refractivity contribution < 1.29 is 4.74 Å². The maximum Gasteiger partial charge on any atom is 0.0697 e. The van der Waals surface area contributed by atoms with E-state index in [2.05, 4.69) is 12.2 Å². The van der Waals surface area contributed by atoms with Gasteiger partial charge in [0.25, 0.3) is 0 Å². The van der Waals surface area contributed by atoms with Gasteiger partial charge in [0.1, 0.15) is 0 Å². The first-order valence-corrected chi connectivity index (χ1v) is 9.17. The highest BCUT2D eigenvalue weighted by molar-refractivity contribution is 4.93. The molecule has 2 aliphatic carbocycles. The molecule has 20 heavy (non-hydrogen) atoms. The first-order valence-electron chi connectivity index (χ1n) is 9.17. The van der Waals surface area contributed by atoms with Crippen LogP contribution in [0.3, 0.4) is 0 Å². The van der Waals surface area contributed by atoms with Gasteiger partial charge in [0.15, 0.2) is 0 Å². The molecule has 2 saturated carbocycles. The van der Waals surface area contributed by atoms with Gasteiger partial charge in [-0.3, -0.25) is 0 Å². The van der Waals surface area contributed by atoms with E-state index in [0.29, 0.717) is 12.1 Å². The largest absolute Gasteiger partial charge is 0.375 e. The second-order valence-electron chi connectivity index (χ2n) is 7.64. The normalized spacial score (nSPS) is 33.1. The lowest BCUT2D eigenvalue weighted by Crippen LogP contribution is -2.51.